The minimum atomic E-state index is 0.0392. The van der Waals surface area contributed by atoms with Crippen molar-refractivity contribution in [3.05, 3.63) is 48.8 Å². The lowest BCUT2D eigenvalue weighted by Gasteiger charge is -2.40. The number of fused-ring (bicyclic) bond motifs is 6. The van der Waals surface area contributed by atoms with Gasteiger partial charge in [0.05, 0.1) is 5.03 Å². The molecule has 1 saturated heterocycles. The predicted octanol–water partition coefficient (Wildman–Crippen LogP) is 5.34. The molecule has 2 aliphatic heterocycles. The number of thioether (sulfide) groups is 1. The van der Waals surface area contributed by atoms with Crippen molar-refractivity contribution in [3.63, 3.8) is 0 Å². The van der Waals surface area contributed by atoms with Crippen molar-refractivity contribution in [1.29, 1.82) is 0 Å². The second kappa shape index (κ2) is 8.07. The van der Waals surface area contributed by atoms with Crippen LogP contribution in [0.5, 0.6) is 0 Å². The minimum absolute atomic E-state index is 0.0392. The SMILES string of the molecule is O=C(Cn1c2c(sc1=O)C(c1ccc(Br)cc1)C1C3CCC(C3)C1S2)N1CCCCC1. The summed E-state index contributed by atoms with van der Waals surface area (Å²) in [7, 11) is 0. The van der Waals surface area contributed by atoms with Crippen LogP contribution in [0.2, 0.25) is 0 Å². The van der Waals surface area contributed by atoms with Gasteiger partial charge in [-0.2, -0.15) is 0 Å². The van der Waals surface area contributed by atoms with Gasteiger partial charge in [-0.05, 0) is 74.0 Å². The molecule has 2 aromatic rings. The molecule has 1 aromatic heterocycles. The zero-order valence-corrected chi connectivity index (χ0v) is 20.7. The third-order valence-corrected chi connectivity index (χ3v) is 11.3. The second-order valence-corrected chi connectivity index (χ2v) is 12.7. The van der Waals surface area contributed by atoms with Crippen LogP contribution >= 0.6 is 39.0 Å². The van der Waals surface area contributed by atoms with E-state index < -0.39 is 0 Å². The topological polar surface area (TPSA) is 42.3 Å². The van der Waals surface area contributed by atoms with Crippen molar-refractivity contribution >= 4 is 44.9 Å². The normalized spacial score (nSPS) is 31.5. The summed E-state index contributed by atoms with van der Waals surface area (Å²) in [6.45, 7) is 1.88. The van der Waals surface area contributed by atoms with E-state index in [9.17, 15) is 9.59 Å². The van der Waals surface area contributed by atoms with Crippen LogP contribution in [0.3, 0.4) is 0 Å². The first kappa shape index (κ1) is 20.5. The van der Waals surface area contributed by atoms with Crippen molar-refractivity contribution in [2.45, 2.75) is 61.3 Å². The summed E-state index contributed by atoms with van der Waals surface area (Å²) >= 11 is 6.89. The number of carbonyl (C=O) groups is 1. The summed E-state index contributed by atoms with van der Waals surface area (Å²) in [6, 6.07) is 8.70. The number of benzene rings is 1. The number of nitrogens with zero attached hydrogens (tertiary/aromatic N) is 2. The first-order chi connectivity index (χ1) is 15.1. The van der Waals surface area contributed by atoms with Gasteiger partial charge in [0, 0.05) is 33.6 Å². The minimum Gasteiger partial charge on any atom is -0.341 e. The third-order valence-electron chi connectivity index (χ3n) is 7.92. The van der Waals surface area contributed by atoms with Crippen LogP contribution in [0, 0.1) is 17.8 Å². The molecule has 3 fully saturated rings. The van der Waals surface area contributed by atoms with Crippen LogP contribution in [-0.2, 0) is 11.3 Å². The smallest absolute Gasteiger partial charge is 0.308 e. The van der Waals surface area contributed by atoms with Crippen LogP contribution in [-0.4, -0.2) is 33.7 Å². The molecular formula is C24H27BrN2O2S2. The Morgan fingerprint density at radius 1 is 1.06 bits per heavy atom. The molecule has 31 heavy (non-hydrogen) atoms. The maximum absolute atomic E-state index is 13.1. The highest BCUT2D eigenvalue weighted by Crippen LogP contribution is 2.64. The number of halogens is 1. The highest BCUT2D eigenvalue weighted by Gasteiger charge is 2.55. The Labute approximate surface area is 199 Å². The van der Waals surface area contributed by atoms with Crippen LogP contribution in [0.15, 0.2) is 38.6 Å². The number of rotatable bonds is 3. The number of aromatic nitrogens is 1. The lowest BCUT2D eigenvalue weighted by atomic mass is 9.75. The monoisotopic (exact) mass is 518 g/mol. The molecule has 5 atom stereocenters. The fourth-order valence-corrected chi connectivity index (χ4v) is 9.92. The van der Waals surface area contributed by atoms with E-state index in [0.717, 1.165) is 47.3 Å². The molecule has 5 unspecified atom stereocenters. The van der Waals surface area contributed by atoms with Gasteiger partial charge in [0.15, 0.2) is 0 Å². The quantitative estimate of drug-likeness (QED) is 0.550. The summed E-state index contributed by atoms with van der Waals surface area (Å²) in [5.74, 6) is 2.53. The van der Waals surface area contributed by atoms with E-state index in [1.807, 2.05) is 21.2 Å². The fourth-order valence-electron chi connectivity index (χ4n) is 6.51. The predicted molar refractivity (Wildman–Crippen MR) is 129 cm³/mol. The molecule has 7 heteroatoms. The largest absolute Gasteiger partial charge is 0.341 e. The fraction of sp³-hybridized carbons (Fsp3) is 0.583. The third kappa shape index (κ3) is 3.46. The summed E-state index contributed by atoms with van der Waals surface area (Å²) in [4.78, 5) is 29.4. The van der Waals surface area contributed by atoms with E-state index in [-0.39, 0.29) is 23.2 Å². The van der Waals surface area contributed by atoms with Gasteiger partial charge < -0.3 is 4.90 Å². The molecule has 4 nitrogen and oxygen atoms in total. The van der Waals surface area contributed by atoms with E-state index in [4.69, 9.17) is 0 Å². The number of carbonyl (C=O) groups excluding carboxylic acids is 1. The van der Waals surface area contributed by atoms with Crippen molar-refractivity contribution in [3.8, 4) is 0 Å². The number of thiazole rings is 1. The number of amides is 1. The molecule has 3 heterocycles. The van der Waals surface area contributed by atoms with E-state index in [1.165, 1.54) is 47.5 Å². The van der Waals surface area contributed by atoms with E-state index in [2.05, 4.69) is 40.2 Å². The average Bonchev–Trinajstić information content (AvgIpc) is 3.48. The summed E-state index contributed by atoms with van der Waals surface area (Å²) in [6.07, 6.45) is 7.35. The Bertz CT molecular complexity index is 1060. The Kier molecular flexibility index (Phi) is 5.35. The summed E-state index contributed by atoms with van der Waals surface area (Å²) < 4.78 is 2.90. The molecule has 2 aliphatic carbocycles. The molecule has 0 radical (unpaired) electrons. The Balaban J connectivity index is 1.40. The molecule has 164 valence electrons. The molecule has 2 bridgehead atoms. The van der Waals surface area contributed by atoms with Crippen LogP contribution < -0.4 is 4.87 Å². The molecular weight excluding hydrogens is 492 g/mol. The number of hydrogen-bond donors (Lipinski definition) is 0. The van der Waals surface area contributed by atoms with Crippen molar-refractivity contribution < 1.29 is 4.79 Å². The van der Waals surface area contributed by atoms with Crippen LogP contribution in [0.1, 0.15) is 54.9 Å². The summed E-state index contributed by atoms with van der Waals surface area (Å²) in [5, 5.41) is 1.66. The van der Waals surface area contributed by atoms with Crippen molar-refractivity contribution in [2.24, 2.45) is 17.8 Å². The van der Waals surface area contributed by atoms with Gasteiger partial charge in [-0.25, -0.2) is 0 Å². The molecule has 6 rings (SSSR count). The average molecular weight is 520 g/mol. The van der Waals surface area contributed by atoms with Crippen LogP contribution in [0.4, 0.5) is 0 Å². The molecule has 0 N–H and O–H groups in total. The van der Waals surface area contributed by atoms with Gasteiger partial charge in [-0.15, -0.1) is 11.8 Å². The lowest BCUT2D eigenvalue weighted by Crippen LogP contribution is -2.39. The Morgan fingerprint density at radius 3 is 2.58 bits per heavy atom. The summed E-state index contributed by atoms with van der Waals surface area (Å²) in [5.41, 5.74) is 1.32. The Hall–Kier alpha value is -1.05. The van der Waals surface area contributed by atoms with Gasteiger partial charge in [-0.1, -0.05) is 39.4 Å². The standard InChI is InChI=1S/C24H27BrN2O2S2/c25-17-8-6-14(7-9-17)19-20-15-4-5-16(12-15)21(20)30-23-22(19)31-24(29)27(23)13-18(28)26-10-2-1-3-11-26/h6-9,15-16,19-21H,1-5,10-13H2. The first-order valence-corrected chi connectivity index (χ1v) is 14.0. The Morgan fingerprint density at radius 2 is 1.81 bits per heavy atom. The van der Waals surface area contributed by atoms with Crippen molar-refractivity contribution in [1.82, 2.24) is 9.47 Å². The zero-order chi connectivity index (χ0) is 21.1. The zero-order valence-electron chi connectivity index (χ0n) is 17.5. The molecule has 2 saturated carbocycles. The van der Waals surface area contributed by atoms with E-state index in [0.29, 0.717) is 11.2 Å². The number of piperidine rings is 1. The maximum atomic E-state index is 13.1. The molecule has 0 spiro atoms. The molecule has 4 aliphatic rings. The highest BCUT2D eigenvalue weighted by molar-refractivity contribution is 9.10. The van der Waals surface area contributed by atoms with Gasteiger partial charge in [0.25, 0.3) is 0 Å². The van der Waals surface area contributed by atoms with E-state index in [1.54, 1.807) is 0 Å². The first-order valence-electron chi connectivity index (χ1n) is 11.5. The maximum Gasteiger partial charge on any atom is 0.308 e. The number of likely N-dealkylation sites (tertiary alicyclic amines) is 1. The van der Waals surface area contributed by atoms with Crippen molar-refractivity contribution in [2.75, 3.05) is 13.1 Å². The lowest BCUT2D eigenvalue weighted by molar-refractivity contribution is -0.132. The number of hydrogen-bond acceptors (Lipinski definition) is 4. The molecule has 1 aromatic carbocycles. The second-order valence-electron chi connectivity index (χ2n) is 9.59. The van der Waals surface area contributed by atoms with Gasteiger partial charge >= 0.3 is 4.87 Å². The van der Waals surface area contributed by atoms with Crippen LogP contribution in [0.25, 0.3) is 0 Å². The van der Waals surface area contributed by atoms with Gasteiger partial charge in [-0.3, -0.25) is 14.2 Å². The molecule has 1 amide bonds. The van der Waals surface area contributed by atoms with E-state index >= 15 is 0 Å². The van der Waals surface area contributed by atoms with Gasteiger partial charge in [0.2, 0.25) is 5.91 Å². The highest BCUT2D eigenvalue weighted by atomic mass is 79.9. The van der Waals surface area contributed by atoms with Gasteiger partial charge in [0.1, 0.15) is 6.54 Å².